The van der Waals surface area contributed by atoms with E-state index in [9.17, 15) is 83.1 Å². The van der Waals surface area contributed by atoms with Crippen molar-refractivity contribution in [2.45, 2.75) is 53.4 Å². The fraction of sp³-hybridized carbons (Fsp3) is 0.619. The first-order valence-electron chi connectivity index (χ1n) is 11.9. The van der Waals surface area contributed by atoms with Gasteiger partial charge in [0.1, 0.15) is 5.82 Å². The number of sulfonamides is 1. The minimum atomic E-state index is -8.87. The van der Waals surface area contributed by atoms with Gasteiger partial charge in [-0.15, -0.1) is 0 Å². The summed E-state index contributed by atoms with van der Waals surface area (Å²) in [4.78, 5) is 5.21. The molecule has 1 fully saturated rings. The first-order chi connectivity index (χ1) is 20.9. The molecular formula is C21H14ClF17N4O2S2. The number of hydrogen-bond acceptors (Lipinski definition) is 6. The van der Waals surface area contributed by atoms with Gasteiger partial charge < -0.3 is 4.90 Å². The van der Waals surface area contributed by atoms with Crippen molar-refractivity contribution >= 4 is 38.3 Å². The lowest BCUT2D eigenvalue weighted by atomic mass is 9.91. The van der Waals surface area contributed by atoms with Crippen LogP contribution in [0.5, 0.6) is 0 Å². The molecular weight excluding hydrogens is 763 g/mol. The molecule has 1 aliphatic rings. The molecule has 0 atom stereocenters. The van der Waals surface area contributed by atoms with Crippen molar-refractivity contribution in [3.63, 3.8) is 0 Å². The third-order valence-electron chi connectivity index (χ3n) is 6.60. The lowest BCUT2D eigenvalue weighted by Gasteiger charge is -2.43. The minimum absolute atomic E-state index is 0.00639. The summed E-state index contributed by atoms with van der Waals surface area (Å²) in [6.45, 7) is -4.10. The van der Waals surface area contributed by atoms with Crippen molar-refractivity contribution < 1.29 is 83.1 Å². The lowest BCUT2D eigenvalue weighted by molar-refractivity contribution is -0.458. The summed E-state index contributed by atoms with van der Waals surface area (Å²) in [5, 5.41) is -7.19. The molecule has 0 bridgehead atoms. The molecule has 0 aliphatic carbocycles. The first kappa shape index (κ1) is 39.0. The molecule has 2 aromatic rings. The van der Waals surface area contributed by atoms with Gasteiger partial charge in [0.05, 0.1) is 0 Å². The highest BCUT2D eigenvalue weighted by atomic mass is 35.5. The highest BCUT2D eigenvalue weighted by molar-refractivity contribution is 7.90. The average Bonchev–Trinajstić information content (AvgIpc) is 3.41. The summed E-state index contributed by atoms with van der Waals surface area (Å²) in [6, 6.07) is 6.28. The van der Waals surface area contributed by atoms with E-state index in [0.717, 1.165) is 4.90 Å². The van der Waals surface area contributed by atoms with E-state index < -0.39 is 87.5 Å². The number of nitrogens with zero attached hydrogens (tertiary/aromatic N) is 4. The van der Waals surface area contributed by atoms with Crippen molar-refractivity contribution in [3.05, 3.63) is 40.7 Å². The predicted molar refractivity (Wildman–Crippen MR) is 128 cm³/mol. The third-order valence-corrected chi connectivity index (χ3v) is 9.62. The van der Waals surface area contributed by atoms with Crippen LogP contribution in [0.2, 0.25) is 5.02 Å². The molecule has 268 valence electrons. The van der Waals surface area contributed by atoms with Gasteiger partial charge in [0.15, 0.2) is 0 Å². The predicted octanol–water partition coefficient (Wildman–Crippen LogP) is 7.20. The highest BCUT2D eigenvalue weighted by Gasteiger charge is 2.96. The van der Waals surface area contributed by atoms with E-state index in [2.05, 4.69) is 9.36 Å². The molecule has 6 nitrogen and oxygen atoms in total. The highest BCUT2D eigenvalue weighted by Crippen LogP contribution is 2.64. The molecule has 1 aliphatic heterocycles. The maximum absolute atomic E-state index is 14.6. The fourth-order valence-electron chi connectivity index (χ4n) is 3.82. The number of benzene rings is 1. The van der Waals surface area contributed by atoms with Crippen LogP contribution >= 0.6 is 23.1 Å². The SMILES string of the molecule is O=S(=O)(N1CCN(c2nc(Cc3ccc(Cl)cc3)ns2)CC1)C(F)(F)C(F)(F)C(F)(F)C(F)(F)C(F)(F)C(F)(F)C(F)(F)C(F)(F)F. The van der Waals surface area contributed by atoms with E-state index in [1.54, 1.807) is 12.1 Å². The molecule has 0 spiro atoms. The molecule has 3 rings (SSSR count). The third kappa shape index (κ3) is 5.95. The van der Waals surface area contributed by atoms with Crippen molar-refractivity contribution in [1.29, 1.82) is 0 Å². The van der Waals surface area contributed by atoms with Crippen LogP contribution in [0.25, 0.3) is 0 Å². The molecule has 1 aromatic carbocycles. The Morgan fingerprint density at radius 2 is 1.09 bits per heavy atom. The Morgan fingerprint density at radius 1 is 0.660 bits per heavy atom. The van der Waals surface area contributed by atoms with E-state index in [0.29, 0.717) is 22.1 Å². The second kappa shape index (κ2) is 11.9. The Bertz CT molecular complexity index is 1540. The van der Waals surface area contributed by atoms with Crippen molar-refractivity contribution in [2.24, 2.45) is 0 Å². The fourth-order valence-corrected chi connectivity index (χ4v) is 6.11. The zero-order valence-corrected chi connectivity index (χ0v) is 24.5. The second-order valence-corrected chi connectivity index (χ2v) is 12.8. The van der Waals surface area contributed by atoms with Gasteiger partial charge in [0.2, 0.25) is 5.13 Å². The summed E-state index contributed by atoms with van der Waals surface area (Å²) in [5.41, 5.74) is 0.663. The van der Waals surface area contributed by atoms with E-state index in [1.165, 1.54) is 12.1 Å². The van der Waals surface area contributed by atoms with Gasteiger partial charge in [0.25, 0.3) is 10.0 Å². The number of piperazine rings is 1. The van der Waals surface area contributed by atoms with Gasteiger partial charge in [-0.25, -0.2) is 13.4 Å². The van der Waals surface area contributed by atoms with Gasteiger partial charge in [-0.3, -0.25) is 0 Å². The minimum Gasteiger partial charge on any atom is -0.344 e. The molecule has 0 amide bonds. The van der Waals surface area contributed by atoms with E-state index in [-0.39, 0.29) is 17.4 Å². The maximum Gasteiger partial charge on any atom is 0.460 e. The van der Waals surface area contributed by atoms with Gasteiger partial charge in [-0.05, 0) is 17.7 Å². The van der Waals surface area contributed by atoms with Gasteiger partial charge in [-0.2, -0.15) is 83.3 Å². The Hall–Kier alpha value is -2.41. The largest absolute Gasteiger partial charge is 0.460 e. The van der Waals surface area contributed by atoms with Crippen LogP contribution in [-0.4, -0.2) is 95.2 Å². The Labute approximate surface area is 260 Å². The van der Waals surface area contributed by atoms with Crippen LogP contribution in [-0.2, 0) is 16.4 Å². The number of hydrogen-bond donors (Lipinski definition) is 0. The van der Waals surface area contributed by atoms with Crippen LogP contribution < -0.4 is 4.90 Å². The van der Waals surface area contributed by atoms with Crippen molar-refractivity contribution in [2.75, 3.05) is 31.1 Å². The van der Waals surface area contributed by atoms with Crippen LogP contribution in [0.4, 0.5) is 79.8 Å². The summed E-state index contributed by atoms with van der Waals surface area (Å²) in [5.74, 6) is -51.6. The summed E-state index contributed by atoms with van der Waals surface area (Å²) < 4.78 is 258. The average molecular weight is 777 g/mol. The number of rotatable bonds is 11. The second-order valence-electron chi connectivity index (χ2n) is 9.65. The first-order valence-corrected chi connectivity index (χ1v) is 14.5. The number of aromatic nitrogens is 2. The monoisotopic (exact) mass is 776 g/mol. The van der Waals surface area contributed by atoms with Gasteiger partial charge in [0, 0.05) is 49.2 Å². The van der Waals surface area contributed by atoms with Crippen LogP contribution in [0.1, 0.15) is 11.4 Å². The lowest BCUT2D eigenvalue weighted by Crippen LogP contribution is -2.75. The van der Waals surface area contributed by atoms with E-state index in [1.807, 2.05) is 0 Å². The van der Waals surface area contributed by atoms with Gasteiger partial charge in [-0.1, -0.05) is 23.7 Å². The molecule has 1 saturated heterocycles. The molecule has 0 radical (unpaired) electrons. The smallest absolute Gasteiger partial charge is 0.344 e. The van der Waals surface area contributed by atoms with Gasteiger partial charge >= 0.3 is 47.0 Å². The van der Waals surface area contributed by atoms with E-state index in [4.69, 9.17) is 11.6 Å². The van der Waals surface area contributed by atoms with Crippen LogP contribution in [0.15, 0.2) is 24.3 Å². The summed E-state index contributed by atoms with van der Waals surface area (Å²) in [6.07, 6.45) is -7.77. The molecule has 47 heavy (non-hydrogen) atoms. The normalized spacial score (nSPS) is 17.4. The molecule has 0 saturated carbocycles. The molecule has 2 heterocycles. The maximum atomic E-state index is 14.6. The topological polar surface area (TPSA) is 66.4 Å². The molecule has 26 heteroatoms. The Kier molecular flexibility index (Phi) is 9.86. The summed E-state index contributed by atoms with van der Waals surface area (Å²) >= 11 is 6.44. The van der Waals surface area contributed by atoms with Crippen molar-refractivity contribution in [3.8, 4) is 0 Å². The summed E-state index contributed by atoms with van der Waals surface area (Å²) in [7, 11) is -7.33. The van der Waals surface area contributed by atoms with Crippen molar-refractivity contribution in [1.82, 2.24) is 13.7 Å². The van der Waals surface area contributed by atoms with E-state index >= 15 is 0 Å². The molecule has 0 unspecified atom stereocenters. The Balaban J connectivity index is 1.85. The van der Waals surface area contributed by atoms with Crippen LogP contribution in [0.3, 0.4) is 0 Å². The zero-order chi connectivity index (χ0) is 36.4. The molecule has 1 aromatic heterocycles. The van der Waals surface area contributed by atoms with Crippen LogP contribution in [0, 0.1) is 0 Å². The molecule has 0 N–H and O–H groups in total. The Morgan fingerprint density at radius 3 is 1.53 bits per heavy atom. The quantitative estimate of drug-likeness (QED) is 0.226. The number of halogens is 18. The number of alkyl halides is 17. The number of anilines is 1. The standard InChI is InChI=1S/C21H14ClF17N4O2S2/c22-11-3-1-10(2-4-11)9-12-40-13(46-41-12)42-5-7-43(8-6-42)47(44,45)21(38,39)19(33,34)17(29,30)15(25,26)14(23,24)16(27,28)18(31,32)20(35,36)37/h1-4H,5-9H2. The zero-order valence-electron chi connectivity index (χ0n) is 22.1.